The van der Waals surface area contributed by atoms with Crippen LogP contribution in [0.4, 0.5) is 4.79 Å². The number of benzene rings is 2. The van der Waals surface area contributed by atoms with Crippen LogP contribution in [0.25, 0.3) is 10.9 Å². The molecule has 0 unspecified atom stereocenters. The van der Waals surface area contributed by atoms with Gasteiger partial charge in [0.2, 0.25) is 5.91 Å². The number of nitrogens with zero attached hydrogens (tertiary/aromatic N) is 3. The molecule has 2 aromatic carbocycles. The van der Waals surface area contributed by atoms with Gasteiger partial charge in [0.05, 0.1) is 11.9 Å². The second-order valence-electron chi connectivity index (χ2n) is 8.76. The zero-order valence-electron chi connectivity index (χ0n) is 21.6. The number of nitrogens with one attached hydrogen (secondary N) is 2. The fourth-order valence-corrected chi connectivity index (χ4v) is 4.11. The Bertz CT molecular complexity index is 1440. The van der Waals surface area contributed by atoms with Crippen LogP contribution in [0.2, 0.25) is 0 Å². The number of carbonyl (C=O) groups is 4. The van der Waals surface area contributed by atoms with Crippen molar-refractivity contribution in [2.24, 2.45) is 5.73 Å². The first-order chi connectivity index (χ1) is 19.4. The van der Waals surface area contributed by atoms with Gasteiger partial charge in [0, 0.05) is 11.9 Å². The number of fused-ring (bicyclic) bond motifs is 1. The first-order valence-corrected chi connectivity index (χ1v) is 13.8. The molecule has 0 bridgehead atoms. The molecule has 0 saturated heterocycles. The van der Waals surface area contributed by atoms with Crippen molar-refractivity contribution in [1.29, 1.82) is 0 Å². The predicted molar refractivity (Wildman–Crippen MR) is 144 cm³/mol. The molecule has 4 amide bonds. The Morgan fingerprint density at radius 1 is 0.976 bits per heavy atom. The van der Waals surface area contributed by atoms with E-state index in [0.717, 1.165) is 10.9 Å². The number of unbranched alkanes of at least 4 members (excludes halogenated alkanes) is 1. The molecule has 16 heteroatoms. The Hall–Kier alpha value is -4.40. The third-order valence-corrected chi connectivity index (χ3v) is 5.96. The Kier molecular flexibility index (Phi) is 10.9. The number of carboxylic acid groups (broad SMARTS) is 1. The van der Waals surface area contributed by atoms with E-state index >= 15 is 0 Å². The summed E-state index contributed by atoms with van der Waals surface area (Å²) in [4.78, 5) is 72.2. The molecular weight excluding hydrogens is 559 g/mol. The molecule has 41 heavy (non-hydrogen) atoms. The van der Waals surface area contributed by atoms with Crippen LogP contribution in [0, 0.1) is 0 Å². The van der Waals surface area contributed by atoms with E-state index in [1.54, 1.807) is 30.3 Å². The van der Waals surface area contributed by atoms with E-state index in [9.17, 15) is 38.6 Å². The van der Waals surface area contributed by atoms with Crippen molar-refractivity contribution in [3.05, 3.63) is 78.0 Å². The second-order valence-corrected chi connectivity index (χ2v) is 9.90. The summed E-state index contributed by atoms with van der Waals surface area (Å²) in [7, 11) is -5.39. The number of aryl methyl sites for hydroxylation is 1. The fourth-order valence-electron chi connectivity index (χ4n) is 3.75. The molecular formula is C25H29N6O9P. The first-order valence-electron chi connectivity index (χ1n) is 12.3. The van der Waals surface area contributed by atoms with E-state index in [4.69, 9.17) is 5.73 Å². The molecule has 0 aliphatic heterocycles. The van der Waals surface area contributed by atoms with Gasteiger partial charge < -0.3 is 25.9 Å². The summed E-state index contributed by atoms with van der Waals surface area (Å²) in [6.45, 7) is -0.283. The maximum absolute atomic E-state index is 13.2. The molecule has 0 aliphatic rings. The van der Waals surface area contributed by atoms with E-state index in [2.05, 4.69) is 20.4 Å². The van der Waals surface area contributed by atoms with Gasteiger partial charge in [-0.15, -0.1) is 9.74 Å². The Morgan fingerprint density at radius 3 is 2.32 bits per heavy atom. The number of carbonyl (C=O) groups excluding carboxylic acids is 3. The van der Waals surface area contributed by atoms with Gasteiger partial charge in [-0.3, -0.25) is 19.8 Å². The molecule has 1 atom stereocenters. The van der Waals surface area contributed by atoms with E-state index in [1.165, 1.54) is 6.07 Å². The highest BCUT2D eigenvalue weighted by molar-refractivity contribution is 7.46. The summed E-state index contributed by atoms with van der Waals surface area (Å²) in [6, 6.07) is 17.8. The van der Waals surface area contributed by atoms with Gasteiger partial charge in [0.15, 0.2) is 0 Å². The standard InChI is InChI=1S/C25H29N6O9P/c26-22(32)16-21(28-23(33)20-14-13-18-11-4-5-12-19(18)27-20)24(34)29-30(31(25(35)36)40-41(37,38)39)15-7-6-10-17-8-2-1-3-9-17/h1-5,8-9,11-14,21H,6-7,10,15-16H2,(H2,26,32)(H,28,33)(H,29,34)(H,35,36)(H2,37,38,39)/t21-/m0/s1. The summed E-state index contributed by atoms with van der Waals surface area (Å²) < 4.78 is 15.7. The number of para-hydroxylation sites is 1. The van der Waals surface area contributed by atoms with E-state index < -0.39 is 44.1 Å². The lowest BCUT2D eigenvalue weighted by Crippen LogP contribution is -2.59. The average Bonchev–Trinajstić information content (AvgIpc) is 2.92. The number of hydrazine groups is 2. The summed E-state index contributed by atoms with van der Waals surface area (Å²) >= 11 is 0. The fraction of sp³-hybridized carbons (Fsp3) is 0.240. The van der Waals surface area contributed by atoms with Crippen molar-refractivity contribution >= 4 is 42.5 Å². The number of nitrogens with two attached hydrogens (primary N) is 1. The number of phosphoric acid groups is 1. The lowest BCUT2D eigenvalue weighted by Gasteiger charge is -2.32. The van der Waals surface area contributed by atoms with Crippen molar-refractivity contribution < 1.29 is 43.3 Å². The van der Waals surface area contributed by atoms with Crippen LogP contribution in [0.5, 0.6) is 0 Å². The molecule has 0 fully saturated rings. The third kappa shape index (κ3) is 9.94. The normalized spacial score (nSPS) is 12.1. The van der Waals surface area contributed by atoms with Crippen molar-refractivity contribution in [1.82, 2.24) is 26.0 Å². The van der Waals surface area contributed by atoms with Crippen LogP contribution in [0.1, 0.15) is 35.3 Å². The minimum atomic E-state index is -5.39. The highest BCUT2D eigenvalue weighted by Gasteiger charge is 2.33. The molecule has 0 radical (unpaired) electrons. The number of rotatable bonds is 14. The maximum atomic E-state index is 13.2. The summed E-state index contributed by atoms with van der Waals surface area (Å²) in [5.74, 6) is -2.90. The van der Waals surface area contributed by atoms with E-state index in [-0.39, 0.29) is 23.8 Å². The number of hydrogen-bond donors (Lipinski definition) is 6. The van der Waals surface area contributed by atoms with Gasteiger partial charge in [-0.25, -0.2) is 14.3 Å². The largest absolute Gasteiger partial charge is 0.492 e. The van der Waals surface area contributed by atoms with Gasteiger partial charge in [0.25, 0.3) is 11.8 Å². The number of hydrogen-bond acceptors (Lipinski definition) is 8. The van der Waals surface area contributed by atoms with Crippen LogP contribution in [0.3, 0.4) is 0 Å². The molecule has 0 spiro atoms. The number of pyridine rings is 1. The van der Waals surface area contributed by atoms with E-state index in [1.807, 2.05) is 30.3 Å². The van der Waals surface area contributed by atoms with Crippen LogP contribution in [-0.2, 0) is 25.2 Å². The topological polar surface area (TPSA) is 225 Å². The molecule has 7 N–H and O–H groups in total. The number of aromatic nitrogens is 1. The van der Waals surface area contributed by atoms with Gasteiger partial charge in [0.1, 0.15) is 11.7 Å². The highest BCUT2D eigenvalue weighted by atomic mass is 31.2. The average molecular weight is 589 g/mol. The van der Waals surface area contributed by atoms with Gasteiger partial charge >= 0.3 is 13.9 Å². The van der Waals surface area contributed by atoms with Crippen molar-refractivity contribution in [3.8, 4) is 0 Å². The zero-order chi connectivity index (χ0) is 30.0. The molecule has 0 saturated carbocycles. The molecule has 15 nitrogen and oxygen atoms in total. The quantitative estimate of drug-likeness (QED) is 0.0898. The summed E-state index contributed by atoms with van der Waals surface area (Å²) in [6.07, 6.45) is -1.33. The Balaban J connectivity index is 1.77. The smallest absolute Gasteiger partial charge is 0.462 e. The number of amides is 4. The maximum Gasteiger partial charge on any atom is 0.492 e. The minimum absolute atomic E-state index is 0.0688. The second kappa shape index (κ2) is 14.3. The van der Waals surface area contributed by atoms with Crippen LogP contribution in [0.15, 0.2) is 66.7 Å². The van der Waals surface area contributed by atoms with Gasteiger partial charge in [-0.05, 0) is 37.0 Å². The van der Waals surface area contributed by atoms with Crippen LogP contribution >= 0.6 is 7.82 Å². The van der Waals surface area contributed by atoms with E-state index in [0.29, 0.717) is 23.5 Å². The molecule has 3 rings (SSSR count). The van der Waals surface area contributed by atoms with Crippen LogP contribution < -0.4 is 16.5 Å². The molecule has 3 aromatic rings. The summed E-state index contributed by atoms with van der Waals surface area (Å²) in [5, 5.41) is 12.9. The number of hydroxylamine groups is 1. The lowest BCUT2D eigenvalue weighted by atomic mass is 10.1. The first kappa shape index (κ1) is 31.1. The van der Waals surface area contributed by atoms with Crippen LogP contribution in [-0.4, -0.2) is 66.6 Å². The zero-order valence-corrected chi connectivity index (χ0v) is 22.5. The van der Waals surface area contributed by atoms with Gasteiger partial charge in [-0.1, -0.05) is 59.8 Å². The lowest BCUT2D eigenvalue weighted by molar-refractivity contribution is -0.221. The number of primary amides is 1. The van der Waals surface area contributed by atoms with Crippen molar-refractivity contribution in [2.45, 2.75) is 31.7 Å². The molecule has 218 valence electrons. The molecule has 1 aromatic heterocycles. The summed E-state index contributed by atoms with van der Waals surface area (Å²) in [5.41, 5.74) is 8.84. The monoisotopic (exact) mass is 588 g/mol. The highest BCUT2D eigenvalue weighted by Crippen LogP contribution is 2.37. The SMILES string of the molecule is NC(=O)C[C@H](NC(=O)c1ccc2ccccc2n1)C(=O)NN(CCCCc1ccccc1)N(OP(=O)(O)O)C(=O)O. The van der Waals surface area contributed by atoms with Crippen molar-refractivity contribution in [2.75, 3.05) is 6.54 Å². The Labute approximate surface area is 234 Å². The Morgan fingerprint density at radius 2 is 1.66 bits per heavy atom. The molecule has 0 aliphatic carbocycles. The minimum Gasteiger partial charge on any atom is -0.462 e. The predicted octanol–water partition coefficient (Wildman–Crippen LogP) is 1.48. The van der Waals surface area contributed by atoms with Gasteiger partial charge in [-0.2, -0.15) is 0 Å². The molecule has 1 heterocycles. The van der Waals surface area contributed by atoms with Crippen molar-refractivity contribution in [3.63, 3.8) is 0 Å². The third-order valence-electron chi connectivity index (χ3n) is 5.59.